The maximum atomic E-state index is 12.0. The third-order valence-electron chi connectivity index (χ3n) is 3.53. The van der Waals surface area contributed by atoms with Gasteiger partial charge in [-0.15, -0.1) is 21.9 Å². The fourth-order valence-electron chi connectivity index (χ4n) is 2.40. The van der Waals surface area contributed by atoms with Crippen molar-refractivity contribution in [2.24, 2.45) is 0 Å². The van der Waals surface area contributed by atoms with Gasteiger partial charge in [0.25, 0.3) is 5.09 Å². The van der Waals surface area contributed by atoms with Crippen molar-refractivity contribution in [3.05, 3.63) is 10.1 Å². The minimum absolute atomic E-state index is 0. The van der Waals surface area contributed by atoms with Crippen LogP contribution in [0, 0.1) is 10.1 Å². The SMILES string of the molecule is CC(=O)NCSC[C@H]([NH3+])C(=O)O[C@@H]1CO[C@H]2[C@@H]1OC[C@@H]2O[N+](=O)[O-].[Cl-]. The highest BCUT2D eigenvalue weighted by molar-refractivity contribution is 7.99. The molecule has 1 amide bonds. The van der Waals surface area contributed by atoms with Gasteiger partial charge in [0.2, 0.25) is 5.91 Å². The predicted molar refractivity (Wildman–Crippen MR) is 79.0 cm³/mol. The van der Waals surface area contributed by atoms with Crippen molar-refractivity contribution < 1.29 is 51.9 Å². The molecule has 2 aliphatic heterocycles. The van der Waals surface area contributed by atoms with E-state index in [1.165, 1.54) is 18.7 Å². The summed E-state index contributed by atoms with van der Waals surface area (Å²) in [4.78, 5) is 37.7. The summed E-state index contributed by atoms with van der Waals surface area (Å²) >= 11 is 1.35. The molecule has 0 aromatic heterocycles. The van der Waals surface area contributed by atoms with Gasteiger partial charge in [0.15, 0.2) is 18.2 Å². The number of rotatable bonds is 8. The highest BCUT2D eigenvalue weighted by Crippen LogP contribution is 2.30. The van der Waals surface area contributed by atoms with E-state index in [1.807, 2.05) is 0 Å². The van der Waals surface area contributed by atoms with E-state index >= 15 is 0 Å². The van der Waals surface area contributed by atoms with Crippen LogP contribution in [-0.4, -0.2) is 72.3 Å². The summed E-state index contributed by atoms with van der Waals surface area (Å²) in [7, 11) is 0. The van der Waals surface area contributed by atoms with Crippen molar-refractivity contribution in [3.8, 4) is 0 Å². The first kappa shape index (κ1) is 21.7. The highest BCUT2D eigenvalue weighted by Gasteiger charge is 2.51. The fourth-order valence-corrected chi connectivity index (χ4v) is 3.24. The molecule has 2 saturated heterocycles. The van der Waals surface area contributed by atoms with Gasteiger partial charge in [-0.1, -0.05) is 0 Å². The highest BCUT2D eigenvalue weighted by atomic mass is 35.5. The lowest BCUT2D eigenvalue weighted by Gasteiger charge is -2.18. The normalized spacial score (nSPS) is 28.4. The van der Waals surface area contributed by atoms with E-state index < -0.39 is 41.5 Å². The van der Waals surface area contributed by atoms with Gasteiger partial charge in [0, 0.05) is 6.92 Å². The van der Waals surface area contributed by atoms with Crippen molar-refractivity contribution in [2.75, 3.05) is 24.8 Å². The Hall–Kier alpha value is -1.34. The van der Waals surface area contributed by atoms with Crippen molar-refractivity contribution in [1.29, 1.82) is 0 Å². The monoisotopic (exact) mass is 401 g/mol. The van der Waals surface area contributed by atoms with Crippen LogP contribution in [0.15, 0.2) is 0 Å². The number of hydrogen-bond acceptors (Lipinski definition) is 9. The number of nitrogens with zero attached hydrogens (tertiary/aromatic N) is 1. The summed E-state index contributed by atoms with van der Waals surface area (Å²) in [6, 6.07) is -0.616. The molecular weight excluding hydrogens is 382 g/mol. The van der Waals surface area contributed by atoms with Gasteiger partial charge in [-0.3, -0.25) is 4.79 Å². The first-order chi connectivity index (χ1) is 11.4. The minimum atomic E-state index is -0.891. The van der Waals surface area contributed by atoms with Crippen LogP contribution in [0.25, 0.3) is 0 Å². The molecule has 2 rings (SSSR count). The van der Waals surface area contributed by atoms with Crippen LogP contribution in [0.1, 0.15) is 6.92 Å². The number of carbonyl (C=O) groups is 2. The number of quaternary nitrogens is 1. The molecule has 0 saturated carbocycles. The van der Waals surface area contributed by atoms with Gasteiger partial charge < -0.3 is 42.5 Å². The van der Waals surface area contributed by atoms with E-state index in [2.05, 4.69) is 15.9 Å². The number of halogens is 1. The van der Waals surface area contributed by atoms with E-state index in [9.17, 15) is 19.7 Å². The molecule has 13 heteroatoms. The summed E-state index contributed by atoms with van der Waals surface area (Å²) in [5.74, 6) is 0.107. The van der Waals surface area contributed by atoms with Crippen LogP contribution < -0.4 is 23.5 Å². The molecule has 0 radical (unpaired) electrons. The van der Waals surface area contributed by atoms with Gasteiger partial charge in [-0.05, 0) is 0 Å². The number of carbonyl (C=O) groups excluding carboxylic acids is 2. The Morgan fingerprint density at radius 2 is 1.96 bits per heavy atom. The smallest absolute Gasteiger partial charge is 0.366 e. The largest absolute Gasteiger partial charge is 1.00 e. The van der Waals surface area contributed by atoms with Gasteiger partial charge in [-0.2, -0.15) is 0 Å². The Balaban J connectivity index is 0.00000312. The summed E-state index contributed by atoms with van der Waals surface area (Å²) in [5.41, 5.74) is 3.73. The quantitative estimate of drug-likeness (QED) is 0.133. The molecule has 25 heavy (non-hydrogen) atoms. The lowest BCUT2D eigenvalue weighted by molar-refractivity contribution is -0.769. The first-order valence-corrected chi connectivity index (χ1v) is 8.44. The molecular formula is C12H20ClN3O8S. The summed E-state index contributed by atoms with van der Waals surface area (Å²) < 4.78 is 16.1. The number of amides is 1. The zero-order chi connectivity index (χ0) is 17.7. The van der Waals surface area contributed by atoms with Crippen molar-refractivity contribution in [2.45, 2.75) is 37.4 Å². The third-order valence-corrected chi connectivity index (χ3v) is 4.51. The number of fused-ring (bicyclic) bond motifs is 1. The molecule has 0 aromatic rings. The molecule has 0 aromatic carbocycles. The van der Waals surface area contributed by atoms with Crippen molar-refractivity contribution in [1.82, 2.24) is 5.32 Å². The molecule has 2 heterocycles. The predicted octanol–water partition coefficient (Wildman–Crippen LogP) is -5.29. The Morgan fingerprint density at radius 1 is 1.36 bits per heavy atom. The third kappa shape index (κ3) is 6.15. The molecule has 11 nitrogen and oxygen atoms in total. The second kappa shape index (κ2) is 9.97. The number of hydrogen-bond donors (Lipinski definition) is 2. The summed E-state index contributed by atoms with van der Waals surface area (Å²) in [6.45, 7) is 1.50. The van der Waals surface area contributed by atoms with Crippen LogP contribution in [0.5, 0.6) is 0 Å². The summed E-state index contributed by atoms with van der Waals surface area (Å²) in [5, 5.41) is 12.1. The lowest BCUT2D eigenvalue weighted by atomic mass is 10.1. The minimum Gasteiger partial charge on any atom is -1.00 e. The first-order valence-electron chi connectivity index (χ1n) is 7.28. The Labute approximate surface area is 153 Å². The topological polar surface area (TPSA) is 154 Å². The molecule has 4 N–H and O–H groups in total. The molecule has 2 aliphatic rings. The Morgan fingerprint density at radius 3 is 2.56 bits per heavy atom. The standard InChI is InChI=1S/C12H19N3O8S.ClH/c1-6(16)14-5-24-4-7(13)12(17)22-8-2-20-11-9(23-15(18)19)3-21-10(8)11;/h7-11H,2-5,13H2,1H3,(H,14,16);1H/t7-,8+,9-,10+,11+;/m0./s1. The fraction of sp³-hybridized carbons (Fsp3) is 0.833. The van der Waals surface area contributed by atoms with Gasteiger partial charge in [0.05, 0.1) is 24.8 Å². The average molecular weight is 402 g/mol. The Bertz CT molecular complexity index is 499. The number of esters is 1. The van der Waals surface area contributed by atoms with E-state index in [0.717, 1.165) is 0 Å². The van der Waals surface area contributed by atoms with Gasteiger partial charge in [0.1, 0.15) is 12.2 Å². The molecule has 5 atom stereocenters. The van der Waals surface area contributed by atoms with E-state index in [4.69, 9.17) is 14.2 Å². The van der Waals surface area contributed by atoms with Crippen LogP contribution in [-0.2, 0) is 28.6 Å². The molecule has 2 fully saturated rings. The number of nitrogens with one attached hydrogen (secondary N) is 1. The van der Waals surface area contributed by atoms with Crippen LogP contribution in [0.2, 0.25) is 0 Å². The zero-order valence-corrected chi connectivity index (χ0v) is 15.0. The molecule has 0 spiro atoms. The van der Waals surface area contributed by atoms with Crippen LogP contribution in [0.4, 0.5) is 0 Å². The molecule has 144 valence electrons. The second-order valence-electron chi connectivity index (χ2n) is 5.38. The number of thioether (sulfide) groups is 1. The van der Waals surface area contributed by atoms with Gasteiger partial charge >= 0.3 is 5.97 Å². The lowest BCUT2D eigenvalue weighted by Crippen LogP contribution is -3.00. The summed E-state index contributed by atoms with van der Waals surface area (Å²) in [6.07, 6.45) is -2.69. The molecule has 0 bridgehead atoms. The van der Waals surface area contributed by atoms with E-state index in [1.54, 1.807) is 0 Å². The maximum absolute atomic E-state index is 12.0. The van der Waals surface area contributed by atoms with Crippen LogP contribution >= 0.6 is 11.8 Å². The van der Waals surface area contributed by atoms with Crippen LogP contribution in [0.3, 0.4) is 0 Å². The van der Waals surface area contributed by atoms with Crippen molar-refractivity contribution >= 4 is 23.6 Å². The zero-order valence-electron chi connectivity index (χ0n) is 13.4. The van der Waals surface area contributed by atoms with Gasteiger partial charge in [-0.25, -0.2) is 4.79 Å². The molecule has 0 aliphatic carbocycles. The van der Waals surface area contributed by atoms with E-state index in [0.29, 0.717) is 11.6 Å². The second-order valence-corrected chi connectivity index (χ2v) is 6.41. The van der Waals surface area contributed by atoms with Crippen molar-refractivity contribution in [3.63, 3.8) is 0 Å². The Kier molecular flexibility index (Phi) is 8.65. The number of ether oxygens (including phenoxy) is 3. The van der Waals surface area contributed by atoms with E-state index in [-0.39, 0.29) is 31.5 Å². The average Bonchev–Trinajstić information content (AvgIpc) is 3.07. The maximum Gasteiger partial charge on any atom is 0.366 e. The molecule has 0 unspecified atom stereocenters.